The molecular formula is C31H30N6O5S. The summed E-state index contributed by atoms with van der Waals surface area (Å²) in [6.45, 7) is 0.923. The molecule has 1 atom stereocenters. The number of sulfonamides is 1. The van der Waals surface area contributed by atoms with Crippen molar-refractivity contribution < 1.29 is 23.1 Å². The predicted molar refractivity (Wildman–Crippen MR) is 163 cm³/mol. The summed E-state index contributed by atoms with van der Waals surface area (Å²) in [6, 6.07) is 24.7. The third-order valence-electron chi connectivity index (χ3n) is 6.76. The fraction of sp³-hybridized carbons (Fsp3) is 0.161. The highest BCUT2D eigenvalue weighted by Crippen LogP contribution is 2.21. The molecule has 3 aromatic carbocycles. The fourth-order valence-corrected chi connectivity index (χ4v) is 5.70. The molecular weight excluding hydrogens is 568 g/mol. The Hall–Kier alpha value is -5.07. The molecule has 43 heavy (non-hydrogen) atoms. The Morgan fingerprint density at radius 3 is 2.37 bits per heavy atom. The molecule has 0 saturated carbocycles. The van der Waals surface area contributed by atoms with Crippen LogP contribution in [0.25, 0.3) is 22.0 Å². The number of anilines is 1. The number of carboxylic acids is 1. The number of aromatic nitrogens is 3. The van der Waals surface area contributed by atoms with Crippen molar-refractivity contribution in [1.82, 2.24) is 24.8 Å². The molecule has 5 rings (SSSR count). The van der Waals surface area contributed by atoms with Crippen LogP contribution in [-0.2, 0) is 21.4 Å². The van der Waals surface area contributed by atoms with Gasteiger partial charge in [0, 0.05) is 36.8 Å². The summed E-state index contributed by atoms with van der Waals surface area (Å²) in [4.78, 5) is 28.9. The van der Waals surface area contributed by atoms with E-state index in [1.54, 1.807) is 42.7 Å². The van der Waals surface area contributed by atoms with Crippen molar-refractivity contribution in [2.45, 2.75) is 23.9 Å². The van der Waals surface area contributed by atoms with Gasteiger partial charge in [-0.25, -0.2) is 13.4 Å². The summed E-state index contributed by atoms with van der Waals surface area (Å²) in [5.74, 6) is -1.15. The highest BCUT2D eigenvalue weighted by Gasteiger charge is 2.26. The van der Waals surface area contributed by atoms with Gasteiger partial charge < -0.3 is 15.7 Å². The third kappa shape index (κ3) is 7.42. The number of rotatable bonds is 13. The van der Waals surface area contributed by atoms with Crippen LogP contribution < -0.4 is 15.4 Å². The van der Waals surface area contributed by atoms with Crippen LogP contribution in [0.15, 0.2) is 108 Å². The van der Waals surface area contributed by atoms with Gasteiger partial charge in [-0.2, -0.15) is 9.82 Å². The molecule has 0 bridgehead atoms. The number of aliphatic carboxylic acids is 1. The van der Waals surface area contributed by atoms with E-state index in [1.807, 2.05) is 53.2 Å². The monoisotopic (exact) mass is 598 g/mol. The number of carbonyl (C=O) groups excluding carboxylic acids is 1. The molecule has 4 N–H and O–H groups in total. The predicted octanol–water partition coefficient (Wildman–Crippen LogP) is 3.76. The van der Waals surface area contributed by atoms with Crippen molar-refractivity contribution in [2.24, 2.45) is 0 Å². The Bertz CT molecular complexity index is 1810. The van der Waals surface area contributed by atoms with E-state index in [9.17, 15) is 23.1 Å². The molecule has 0 aliphatic carbocycles. The molecule has 12 heteroatoms. The lowest BCUT2D eigenvalue weighted by molar-refractivity contribution is -0.138. The zero-order chi connectivity index (χ0) is 30.2. The molecule has 1 amide bonds. The van der Waals surface area contributed by atoms with Crippen LogP contribution >= 0.6 is 0 Å². The van der Waals surface area contributed by atoms with Gasteiger partial charge in [-0.05, 0) is 60.0 Å². The molecule has 0 aliphatic heterocycles. The van der Waals surface area contributed by atoms with Crippen LogP contribution in [-0.4, -0.2) is 59.3 Å². The number of nitrogens with one attached hydrogen (secondary N) is 3. The van der Waals surface area contributed by atoms with E-state index >= 15 is 0 Å². The average molecular weight is 599 g/mol. The first-order chi connectivity index (χ1) is 20.8. The van der Waals surface area contributed by atoms with Crippen LogP contribution in [0.5, 0.6) is 0 Å². The van der Waals surface area contributed by atoms with Crippen LogP contribution in [0.2, 0.25) is 0 Å². The van der Waals surface area contributed by atoms with Gasteiger partial charge in [0.2, 0.25) is 10.0 Å². The molecule has 0 saturated heterocycles. The average Bonchev–Trinajstić information content (AvgIpc) is 3.44. The zero-order valence-electron chi connectivity index (χ0n) is 23.1. The van der Waals surface area contributed by atoms with Gasteiger partial charge in [0.05, 0.1) is 16.6 Å². The number of nitrogens with zero attached hydrogens (tertiary/aromatic N) is 3. The number of carbonyl (C=O) groups is 2. The molecule has 0 aliphatic rings. The minimum Gasteiger partial charge on any atom is -0.480 e. The maximum atomic E-state index is 12.9. The van der Waals surface area contributed by atoms with Gasteiger partial charge in [-0.1, -0.05) is 48.5 Å². The Morgan fingerprint density at radius 1 is 0.907 bits per heavy atom. The molecule has 2 aromatic heterocycles. The van der Waals surface area contributed by atoms with Crippen molar-refractivity contribution in [3.63, 3.8) is 0 Å². The van der Waals surface area contributed by atoms with Crippen LogP contribution in [0.1, 0.15) is 16.8 Å². The number of aryl methyl sites for hydroxylation is 1. The molecule has 0 spiro atoms. The number of pyridine rings is 1. The summed E-state index contributed by atoms with van der Waals surface area (Å²) in [7, 11) is -4.17. The van der Waals surface area contributed by atoms with Gasteiger partial charge in [-0.3, -0.25) is 14.3 Å². The fourth-order valence-electron chi connectivity index (χ4n) is 4.51. The normalized spacial score (nSPS) is 12.1. The summed E-state index contributed by atoms with van der Waals surface area (Å²) in [5, 5.41) is 20.6. The number of benzene rings is 3. The van der Waals surface area contributed by atoms with Crippen molar-refractivity contribution in [1.29, 1.82) is 0 Å². The molecule has 0 fully saturated rings. The lowest BCUT2D eigenvalue weighted by atomic mass is 10.1. The highest BCUT2D eigenvalue weighted by atomic mass is 32.2. The van der Waals surface area contributed by atoms with Crippen LogP contribution in [0.3, 0.4) is 0 Å². The molecule has 5 aromatic rings. The Kier molecular flexibility index (Phi) is 9.08. The molecule has 0 unspecified atom stereocenters. The molecule has 2 heterocycles. The Labute approximate surface area is 248 Å². The second-order valence-corrected chi connectivity index (χ2v) is 11.5. The van der Waals surface area contributed by atoms with Crippen LogP contribution in [0.4, 0.5) is 5.82 Å². The maximum Gasteiger partial charge on any atom is 0.323 e. The van der Waals surface area contributed by atoms with E-state index in [-0.39, 0.29) is 4.90 Å². The van der Waals surface area contributed by atoms with Gasteiger partial charge >= 0.3 is 5.97 Å². The molecule has 0 radical (unpaired) electrons. The Morgan fingerprint density at radius 2 is 1.65 bits per heavy atom. The van der Waals surface area contributed by atoms with Crippen LogP contribution in [0, 0.1) is 0 Å². The quantitative estimate of drug-likeness (QED) is 0.149. The zero-order valence-corrected chi connectivity index (χ0v) is 23.9. The number of hydrogen-bond acceptors (Lipinski definition) is 7. The lowest BCUT2D eigenvalue weighted by Crippen LogP contribution is -2.48. The van der Waals surface area contributed by atoms with E-state index in [0.29, 0.717) is 18.7 Å². The van der Waals surface area contributed by atoms with Crippen molar-refractivity contribution >= 4 is 38.6 Å². The number of amides is 1. The van der Waals surface area contributed by atoms with Gasteiger partial charge in [0.1, 0.15) is 11.9 Å². The first kappa shape index (κ1) is 29.4. The van der Waals surface area contributed by atoms with E-state index in [4.69, 9.17) is 0 Å². The minimum atomic E-state index is -4.17. The number of carboxylic acid groups (broad SMARTS) is 1. The van der Waals surface area contributed by atoms with Crippen molar-refractivity contribution in [3.8, 4) is 11.1 Å². The lowest BCUT2D eigenvalue weighted by Gasteiger charge is -2.16. The first-order valence-corrected chi connectivity index (χ1v) is 15.1. The topological polar surface area (TPSA) is 155 Å². The molecule has 11 nitrogen and oxygen atoms in total. The highest BCUT2D eigenvalue weighted by molar-refractivity contribution is 7.89. The maximum absolute atomic E-state index is 12.9. The summed E-state index contributed by atoms with van der Waals surface area (Å²) < 4.78 is 29.9. The van der Waals surface area contributed by atoms with Crippen molar-refractivity contribution in [2.75, 3.05) is 18.4 Å². The second kappa shape index (κ2) is 13.3. The van der Waals surface area contributed by atoms with E-state index in [0.717, 1.165) is 34.3 Å². The van der Waals surface area contributed by atoms with E-state index < -0.39 is 34.5 Å². The first-order valence-electron chi connectivity index (χ1n) is 13.6. The smallest absolute Gasteiger partial charge is 0.323 e. The third-order valence-corrected chi connectivity index (χ3v) is 8.24. The summed E-state index contributed by atoms with van der Waals surface area (Å²) in [5.41, 5.74) is 2.89. The standard InChI is InChI=1S/C31H30N6O5S/c38-30(24-12-15-28-25(19-24)20-35-37(28)18-6-17-33-29-9-4-5-16-32-29)34-21-27(31(39)40)36-43(41,42)26-13-10-23(11-14-26)22-7-2-1-3-8-22/h1-5,7-16,19-20,27,36H,6,17-18,21H2,(H,32,33)(H,34,38)(H,39,40)/t27-/m0/s1. The Balaban J connectivity index is 1.17. The largest absolute Gasteiger partial charge is 0.480 e. The number of hydrogen-bond donors (Lipinski definition) is 4. The van der Waals surface area contributed by atoms with E-state index in [1.165, 1.54) is 12.1 Å². The SMILES string of the molecule is O=C(NC[C@H](NS(=O)(=O)c1ccc(-c2ccccc2)cc1)C(=O)O)c1ccc2c(cnn2CCCNc2ccccn2)c1. The summed E-state index contributed by atoms with van der Waals surface area (Å²) >= 11 is 0. The summed E-state index contributed by atoms with van der Waals surface area (Å²) in [6.07, 6.45) is 4.19. The second-order valence-electron chi connectivity index (χ2n) is 9.75. The van der Waals surface area contributed by atoms with Gasteiger partial charge in [-0.15, -0.1) is 0 Å². The number of fused-ring (bicyclic) bond motifs is 1. The van der Waals surface area contributed by atoms with Gasteiger partial charge in [0.15, 0.2) is 0 Å². The van der Waals surface area contributed by atoms with E-state index in [2.05, 4.69) is 25.4 Å². The van der Waals surface area contributed by atoms with Crippen molar-refractivity contribution in [3.05, 3.63) is 109 Å². The molecule has 220 valence electrons. The minimum absolute atomic E-state index is 0.0836. The van der Waals surface area contributed by atoms with Gasteiger partial charge in [0.25, 0.3) is 5.91 Å².